The van der Waals surface area contributed by atoms with Crippen molar-refractivity contribution in [3.8, 4) is 0 Å². The first kappa shape index (κ1) is 9.91. The number of aliphatic carboxylic acids is 1. The lowest BCUT2D eigenvalue weighted by molar-refractivity contribution is -0.136. The van der Waals surface area contributed by atoms with Gasteiger partial charge in [-0.1, -0.05) is 47.8 Å². The van der Waals surface area contributed by atoms with Gasteiger partial charge in [-0.15, -0.1) is 0 Å². The molecule has 0 radical (unpaired) electrons. The number of hydrogen-bond donors (Lipinski definition) is 1. The molecule has 0 saturated carbocycles. The second-order valence-corrected chi connectivity index (χ2v) is 4.22. The van der Waals surface area contributed by atoms with Crippen molar-refractivity contribution in [1.29, 1.82) is 0 Å². The Kier molecular flexibility index (Phi) is 5.16. The number of halogens is 3. The molecule has 0 aliphatic heterocycles. The maximum Gasteiger partial charge on any atom is 0.318 e. The van der Waals surface area contributed by atoms with Crippen molar-refractivity contribution >= 4 is 53.8 Å². The Hall–Kier alpha value is 0.910. The number of rotatable bonds is 3. The second kappa shape index (κ2) is 4.68. The quantitative estimate of drug-likeness (QED) is 0.806. The van der Waals surface area contributed by atoms with Crippen LogP contribution in [0.3, 0.4) is 0 Å². The number of carbonyl (C=O) groups is 1. The van der Waals surface area contributed by atoms with Gasteiger partial charge in [0, 0.05) is 10.2 Å². The molecule has 0 aromatic heterocycles. The lowest BCUT2D eigenvalue weighted by Gasteiger charge is -2.07. The normalized spacial score (nSPS) is 16.8. The molecule has 2 atom stereocenters. The molecule has 0 aliphatic carbocycles. The van der Waals surface area contributed by atoms with Crippen LogP contribution < -0.4 is 0 Å². The molecule has 0 fully saturated rings. The third-order valence-corrected chi connectivity index (χ3v) is 4.86. The van der Waals surface area contributed by atoms with Gasteiger partial charge in [0.25, 0.3) is 0 Å². The Morgan fingerprint density at radius 3 is 2.11 bits per heavy atom. The lowest BCUT2D eigenvalue weighted by Crippen LogP contribution is -2.24. The Labute approximate surface area is 78.4 Å². The highest BCUT2D eigenvalue weighted by atomic mass is 79.9. The van der Waals surface area contributed by atoms with E-state index in [1.807, 2.05) is 0 Å². The van der Waals surface area contributed by atoms with E-state index >= 15 is 0 Å². The monoisotopic (exact) mass is 322 g/mol. The predicted molar refractivity (Wildman–Crippen MR) is 46.9 cm³/mol. The van der Waals surface area contributed by atoms with Crippen molar-refractivity contribution in [1.82, 2.24) is 0 Å². The number of alkyl halides is 3. The minimum Gasteiger partial charge on any atom is -0.480 e. The van der Waals surface area contributed by atoms with E-state index in [-0.39, 0.29) is 4.83 Å². The van der Waals surface area contributed by atoms with E-state index in [1.165, 1.54) is 0 Å². The van der Waals surface area contributed by atoms with Gasteiger partial charge in [-0.25, -0.2) is 0 Å². The molecule has 0 aromatic rings. The smallest absolute Gasteiger partial charge is 0.318 e. The van der Waals surface area contributed by atoms with Crippen molar-refractivity contribution in [3.05, 3.63) is 0 Å². The first-order chi connectivity index (χ1) is 4.09. The third kappa shape index (κ3) is 3.57. The van der Waals surface area contributed by atoms with Crippen LogP contribution in [0.5, 0.6) is 0 Å². The van der Waals surface area contributed by atoms with Crippen molar-refractivity contribution in [3.63, 3.8) is 0 Å². The molecule has 54 valence electrons. The van der Waals surface area contributed by atoms with E-state index in [2.05, 4.69) is 47.8 Å². The molecule has 0 amide bonds. The van der Waals surface area contributed by atoms with Crippen molar-refractivity contribution in [2.24, 2.45) is 0 Å². The molecule has 0 heterocycles. The molecule has 9 heavy (non-hydrogen) atoms. The van der Waals surface area contributed by atoms with Crippen LogP contribution in [0.25, 0.3) is 0 Å². The van der Waals surface area contributed by atoms with Crippen LogP contribution in [0.15, 0.2) is 0 Å². The van der Waals surface area contributed by atoms with Crippen molar-refractivity contribution in [2.45, 2.75) is 9.65 Å². The van der Waals surface area contributed by atoms with E-state index < -0.39 is 10.8 Å². The fourth-order valence-electron chi connectivity index (χ4n) is 0.233. The van der Waals surface area contributed by atoms with E-state index in [0.717, 1.165) is 0 Å². The van der Waals surface area contributed by atoms with Crippen molar-refractivity contribution in [2.75, 3.05) is 5.33 Å². The topological polar surface area (TPSA) is 37.3 Å². The van der Waals surface area contributed by atoms with E-state index in [4.69, 9.17) is 5.11 Å². The summed E-state index contributed by atoms with van der Waals surface area (Å²) >= 11 is 9.30. The molecule has 5 heteroatoms. The molecular formula is C4H5Br3O2. The number of carboxylic acids is 1. The van der Waals surface area contributed by atoms with Crippen molar-refractivity contribution < 1.29 is 9.90 Å². The summed E-state index contributed by atoms with van der Waals surface area (Å²) in [7, 11) is 0. The zero-order chi connectivity index (χ0) is 7.44. The van der Waals surface area contributed by atoms with Crippen LogP contribution in [0.2, 0.25) is 0 Å². The minimum atomic E-state index is -0.851. The highest BCUT2D eigenvalue weighted by molar-refractivity contribution is 9.13. The summed E-state index contributed by atoms with van der Waals surface area (Å²) in [6.07, 6.45) is 0. The van der Waals surface area contributed by atoms with Crippen LogP contribution in [-0.2, 0) is 4.79 Å². The summed E-state index contributed by atoms with van der Waals surface area (Å²) in [6.45, 7) is 0. The van der Waals surface area contributed by atoms with Crippen LogP contribution in [-0.4, -0.2) is 26.1 Å². The van der Waals surface area contributed by atoms with E-state index in [1.54, 1.807) is 0 Å². The molecular weight excluding hydrogens is 320 g/mol. The van der Waals surface area contributed by atoms with Crippen LogP contribution in [0.1, 0.15) is 0 Å². The Bertz CT molecular complexity index is 106. The standard InChI is InChI=1S/C4H5Br3O2/c5-1-2(6)3(7)4(8)9/h2-3H,1H2,(H,8,9)/t2-,3-/m0/s1. The summed E-state index contributed by atoms with van der Waals surface area (Å²) in [6, 6.07) is 0. The van der Waals surface area contributed by atoms with Crippen LogP contribution >= 0.6 is 47.8 Å². The fourth-order valence-corrected chi connectivity index (χ4v) is 1.52. The molecule has 0 unspecified atom stereocenters. The summed E-state index contributed by atoms with van der Waals surface area (Å²) < 4.78 is 0. The molecule has 0 rings (SSSR count). The van der Waals surface area contributed by atoms with Gasteiger partial charge >= 0.3 is 5.97 Å². The zero-order valence-corrected chi connectivity index (χ0v) is 9.11. The predicted octanol–water partition coefficient (Wildman–Crippen LogP) is 1.99. The SMILES string of the molecule is O=C(O)[C@@H](Br)[C@@H](Br)CBr. The minimum absolute atomic E-state index is 0.0602. The molecule has 2 nitrogen and oxygen atoms in total. The highest BCUT2D eigenvalue weighted by Gasteiger charge is 2.21. The fraction of sp³-hybridized carbons (Fsp3) is 0.750. The summed E-state index contributed by atoms with van der Waals surface area (Å²) in [4.78, 5) is 9.62. The first-order valence-electron chi connectivity index (χ1n) is 2.16. The Morgan fingerprint density at radius 2 is 2.00 bits per heavy atom. The van der Waals surface area contributed by atoms with E-state index in [9.17, 15) is 4.79 Å². The van der Waals surface area contributed by atoms with Gasteiger partial charge in [0.05, 0.1) is 0 Å². The van der Waals surface area contributed by atoms with Gasteiger partial charge in [-0.2, -0.15) is 0 Å². The Balaban J connectivity index is 3.72. The van der Waals surface area contributed by atoms with Gasteiger partial charge < -0.3 is 5.11 Å². The largest absolute Gasteiger partial charge is 0.480 e. The maximum absolute atomic E-state index is 10.2. The van der Waals surface area contributed by atoms with E-state index in [0.29, 0.717) is 5.33 Å². The average molecular weight is 325 g/mol. The molecule has 0 saturated heterocycles. The second-order valence-electron chi connectivity index (χ2n) is 1.41. The van der Waals surface area contributed by atoms with Gasteiger partial charge in [0.1, 0.15) is 4.83 Å². The van der Waals surface area contributed by atoms with Gasteiger partial charge in [0.15, 0.2) is 0 Å². The lowest BCUT2D eigenvalue weighted by atomic mass is 10.3. The van der Waals surface area contributed by atoms with Crippen LogP contribution in [0.4, 0.5) is 0 Å². The summed E-state index contributed by atoms with van der Waals surface area (Å²) in [5.74, 6) is -0.851. The summed E-state index contributed by atoms with van der Waals surface area (Å²) in [5, 5.41) is 9.01. The Morgan fingerprint density at radius 1 is 1.56 bits per heavy atom. The average Bonchev–Trinajstić information content (AvgIpc) is 1.84. The first-order valence-corrected chi connectivity index (χ1v) is 5.11. The molecule has 0 bridgehead atoms. The third-order valence-electron chi connectivity index (χ3n) is 0.701. The molecule has 0 aromatic carbocycles. The maximum atomic E-state index is 10.2. The van der Waals surface area contributed by atoms with Gasteiger partial charge in [-0.3, -0.25) is 4.79 Å². The van der Waals surface area contributed by atoms with Crippen LogP contribution in [0, 0.1) is 0 Å². The van der Waals surface area contributed by atoms with Gasteiger partial charge in [0.2, 0.25) is 0 Å². The summed E-state index contributed by atoms with van der Waals surface area (Å²) in [5.41, 5.74) is 0. The molecule has 0 spiro atoms. The highest BCUT2D eigenvalue weighted by Crippen LogP contribution is 2.16. The zero-order valence-electron chi connectivity index (χ0n) is 4.35. The van der Waals surface area contributed by atoms with Gasteiger partial charge in [-0.05, 0) is 0 Å². The molecule has 0 aliphatic rings. The molecule has 1 N–H and O–H groups in total. The number of hydrogen-bond acceptors (Lipinski definition) is 1. The number of carboxylic acid groups (broad SMARTS) is 1.